The molecule has 0 atom stereocenters. The molecule has 144 valence electrons. The molecule has 3 aromatic rings. The smallest absolute Gasteiger partial charge is 0.234 e. The molecular formula is C20H20N4O3S. The number of thioether (sulfide) groups is 1. The van der Waals surface area contributed by atoms with Crippen LogP contribution in [0.2, 0.25) is 0 Å². The van der Waals surface area contributed by atoms with Crippen LogP contribution >= 0.6 is 11.8 Å². The Hall–Kier alpha value is -3.00. The number of carbonyl (C=O) groups is 1. The molecule has 2 aromatic carbocycles. The van der Waals surface area contributed by atoms with Gasteiger partial charge in [0.05, 0.1) is 5.75 Å². The van der Waals surface area contributed by atoms with Gasteiger partial charge in [0.15, 0.2) is 22.5 Å². The first-order valence-corrected chi connectivity index (χ1v) is 9.88. The number of ether oxygens (including phenoxy) is 2. The highest BCUT2D eigenvalue weighted by Gasteiger charge is 2.15. The Kier molecular flexibility index (Phi) is 5.21. The number of hydrogen-bond acceptors (Lipinski definition) is 6. The van der Waals surface area contributed by atoms with Crippen LogP contribution in [0.4, 0.5) is 5.69 Å². The Morgan fingerprint density at radius 3 is 2.75 bits per heavy atom. The predicted octanol–water partition coefficient (Wildman–Crippen LogP) is 3.29. The average molecular weight is 396 g/mol. The maximum atomic E-state index is 12.3. The van der Waals surface area contributed by atoms with Crippen molar-refractivity contribution in [3.63, 3.8) is 0 Å². The Balaban J connectivity index is 1.40. The zero-order valence-corrected chi connectivity index (χ0v) is 16.5. The van der Waals surface area contributed by atoms with Gasteiger partial charge >= 0.3 is 0 Å². The average Bonchev–Trinajstić information content (AvgIpc) is 3.07. The molecule has 1 aliphatic rings. The lowest BCUT2D eigenvalue weighted by Gasteiger charge is -2.18. The summed E-state index contributed by atoms with van der Waals surface area (Å²) >= 11 is 1.35. The van der Waals surface area contributed by atoms with Crippen molar-refractivity contribution in [3.8, 4) is 22.9 Å². The highest BCUT2D eigenvalue weighted by atomic mass is 32.2. The van der Waals surface area contributed by atoms with Crippen molar-refractivity contribution in [1.82, 2.24) is 14.8 Å². The van der Waals surface area contributed by atoms with Crippen molar-refractivity contribution in [3.05, 3.63) is 48.0 Å². The molecule has 0 aliphatic carbocycles. The molecule has 0 unspecified atom stereocenters. The van der Waals surface area contributed by atoms with Gasteiger partial charge in [-0.1, -0.05) is 36.0 Å². The summed E-state index contributed by atoms with van der Waals surface area (Å²) in [6, 6.07) is 13.4. The van der Waals surface area contributed by atoms with Crippen molar-refractivity contribution >= 4 is 23.4 Å². The fraction of sp³-hybridized carbons (Fsp3) is 0.250. The van der Waals surface area contributed by atoms with Crippen LogP contribution in [0.15, 0.2) is 47.6 Å². The number of benzene rings is 2. The standard InChI is InChI=1S/C20H20N4O3S/c1-13-5-3-4-6-15(13)19-22-23-20(24(19)2)28-12-18(25)21-14-7-8-16-17(11-14)27-10-9-26-16/h3-8,11H,9-10,12H2,1-2H3,(H,21,25). The van der Waals surface area contributed by atoms with Crippen LogP contribution < -0.4 is 14.8 Å². The van der Waals surface area contributed by atoms with Crippen LogP contribution in [-0.2, 0) is 11.8 Å². The van der Waals surface area contributed by atoms with Crippen molar-refractivity contribution in [2.75, 3.05) is 24.3 Å². The molecule has 0 fully saturated rings. The van der Waals surface area contributed by atoms with Gasteiger partial charge in [0.25, 0.3) is 0 Å². The highest BCUT2D eigenvalue weighted by molar-refractivity contribution is 7.99. The van der Waals surface area contributed by atoms with Crippen LogP contribution in [-0.4, -0.2) is 39.6 Å². The quantitative estimate of drug-likeness (QED) is 0.667. The molecule has 1 aliphatic heterocycles. The third-order valence-corrected chi connectivity index (χ3v) is 5.40. The summed E-state index contributed by atoms with van der Waals surface area (Å²) in [6.07, 6.45) is 0. The first-order valence-electron chi connectivity index (χ1n) is 8.89. The van der Waals surface area contributed by atoms with E-state index in [0.717, 1.165) is 17.0 Å². The third-order valence-electron chi connectivity index (χ3n) is 4.38. The molecule has 1 amide bonds. The number of aryl methyl sites for hydroxylation is 1. The number of rotatable bonds is 5. The van der Waals surface area contributed by atoms with Crippen LogP contribution in [0.25, 0.3) is 11.4 Å². The molecule has 7 nitrogen and oxygen atoms in total. The van der Waals surface area contributed by atoms with E-state index < -0.39 is 0 Å². The predicted molar refractivity (Wildman–Crippen MR) is 108 cm³/mol. The zero-order chi connectivity index (χ0) is 19.5. The van der Waals surface area contributed by atoms with E-state index in [1.165, 1.54) is 11.8 Å². The van der Waals surface area contributed by atoms with Crippen LogP contribution in [0.1, 0.15) is 5.56 Å². The summed E-state index contributed by atoms with van der Waals surface area (Å²) < 4.78 is 12.9. The number of carbonyl (C=O) groups excluding carboxylic acids is 1. The van der Waals surface area contributed by atoms with Gasteiger partial charge in [0, 0.05) is 24.4 Å². The third kappa shape index (κ3) is 3.82. The van der Waals surface area contributed by atoms with E-state index in [-0.39, 0.29) is 11.7 Å². The number of nitrogens with zero attached hydrogens (tertiary/aromatic N) is 3. The monoisotopic (exact) mass is 396 g/mol. The van der Waals surface area contributed by atoms with Crippen molar-refractivity contribution in [2.45, 2.75) is 12.1 Å². The van der Waals surface area contributed by atoms with E-state index in [1.807, 2.05) is 42.8 Å². The highest BCUT2D eigenvalue weighted by Crippen LogP contribution is 2.32. The summed E-state index contributed by atoms with van der Waals surface area (Å²) in [4.78, 5) is 12.3. The lowest BCUT2D eigenvalue weighted by Crippen LogP contribution is -2.17. The molecule has 1 aromatic heterocycles. The first kappa shape index (κ1) is 18.4. The molecule has 2 heterocycles. The SMILES string of the molecule is Cc1ccccc1-c1nnc(SCC(=O)Nc2ccc3c(c2)OCCO3)n1C. The molecule has 0 saturated heterocycles. The van der Waals surface area contributed by atoms with Gasteiger partial charge in [-0.25, -0.2) is 0 Å². The molecular weight excluding hydrogens is 376 g/mol. The fourth-order valence-electron chi connectivity index (χ4n) is 2.95. The largest absolute Gasteiger partial charge is 0.486 e. The van der Waals surface area contributed by atoms with Crippen LogP contribution in [0.5, 0.6) is 11.5 Å². The minimum atomic E-state index is -0.123. The van der Waals surface area contributed by atoms with E-state index in [9.17, 15) is 4.79 Å². The normalized spacial score (nSPS) is 12.6. The Labute approximate surface area is 167 Å². The number of aromatic nitrogens is 3. The number of anilines is 1. The maximum Gasteiger partial charge on any atom is 0.234 e. The van der Waals surface area contributed by atoms with Gasteiger partial charge < -0.3 is 19.4 Å². The fourth-order valence-corrected chi connectivity index (χ4v) is 3.66. The molecule has 0 spiro atoms. The lowest BCUT2D eigenvalue weighted by atomic mass is 10.1. The Bertz CT molecular complexity index is 1020. The summed E-state index contributed by atoms with van der Waals surface area (Å²) in [5.74, 6) is 2.23. The maximum absolute atomic E-state index is 12.3. The topological polar surface area (TPSA) is 78.3 Å². The van der Waals surface area contributed by atoms with Gasteiger partial charge in [0.1, 0.15) is 13.2 Å². The Morgan fingerprint density at radius 2 is 1.93 bits per heavy atom. The Morgan fingerprint density at radius 1 is 1.14 bits per heavy atom. The lowest BCUT2D eigenvalue weighted by molar-refractivity contribution is -0.113. The molecule has 0 radical (unpaired) electrons. The van der Waals surface area contributed by atoms with Gasteiger partial charge in [-0.15, -0.1) is 10.2 Å². The van der Waals surface area contributed by atoms with Gasteiger partial charge in [-0.2, -0.15) is 0 Å². The molecule has 1 N–H and O–H groups in total. The molecule has 28 heavy (non-hydrogen) atoms. The van der Waals surface area contributed by atoms with Crippen molar-refractivity contribution in [1.29, 1.82) is 0 Å². The molecule has 0 saturated carbocycles. The van der Waals surface area contributed by atoms with Crippen molar-refractivity contribution < 1.29 is 14.3 Å². The molecule has 8 heteroatoms. The molecule has 0 bridgehead atoms. The number of fused-ring (bicyclic) bond motifs is 1. The minimum Gasteiger partial charge on any atom is -0.486 e. The summed E-state index contributed by atoms with van der Waals surface area (Å²) in [5.41, 5.74) is 2.84. The van der Waals surface area contributed by atoms with E-state index in [1.54, 1.807) is 18.2 Å². The zero-order valence-electron chi connectivity index (χ0n) is 15.6. The second-order valence-electron chi connectivity index (χ2n) is 6.38. The number of amides is 1. The van der Waals surface area contributed by atoms with Crippen molar-refractivity contribution in [2.24, 2.45) is 7.05 Å². The number of hydrogen-bond donors (Lipinski definition) is 1. The first-order chi connectivity index (χ1) is 13.6. The van der Waals surface area contributed by atoms with Gasteiger partial charge in [0.2, 0.25) is 5.91 Å². The summed E-state index contributed by atoms with van der Waals surface area (Å²) in [5, 5.41) is 12.1. The second-order valence-corrected chi connectivity index (χ2v) is 7.32. The van der Waals surface area contributed by atoms with Crippen LogP contribution in [0.3, 0.4) is 0 Å². The summed E-state index contributed by atoms with van der Waals surface area (Å²) in [6.45, 7) is 3.09. The van der Waals surface area contributed by atoms with E-state index in [2.05, 4.69) is 15.5 Å². The van der Waals surface area contributed by atoms with Gasteiger partial charge in [-0.05, 0) is 24.6 Å². The van der Waals surface area contributed by atoms with E-state index in [4.69, 9.17) is 9.47 Å². The number of nitrogens with one attached hydrogen (secondary N) is 1. The molecule has 4 rings (SSSR count). The van der Waals surface area contributed by atoms with E-state index in [0.29, 0.717) is 35.6 Å². The van der Waals surface area contributed by atoms with Crippen LogP contribution in [0, 0.1) is 6.92 Å². The summed E-state index contributed by atoms with van der Waals surface area (Å²) in [7, 11) is 1.91. The van der Waals surface area contributed by atoms with E-state index >= 15 is 0 Å². The van der Waals surface area contributed by atoms with Gasteiger partial charge in [-0.3, -0.25) is 4.79 Å². The second kappa shape index (κ2) is 7.93. The minimum absolute atomic E-state index is 0.123.